The van der Waals surface area contributed by atoms with E-state index in [1.165, 1.54) is 12.3 Å². The minimum atomic E-state index is -4.52. The van der Waals surface area contributed by atoms with E-state index < -0.39 is 11.7 Å². The third kappa shape index (κ3) is 2.33. The highest BCUT2D eigenvalue weighted by Gasteiger charge is 2.33. The zero-order chi connectivity index (χ0) is 12.6. The van der Waals surface area contributed by atoms with Crippen molar-refractivity contribution in [2.45, 2.75) is 6.18 Å². The molecule has 2 aromatic rings. The summed E-state index contributed by atoms with van der Waals surface area (Å²) in [6.07, 6.45) is -3.28. The first-order valence-corrected chi connectivity index (χ1v) is 4.80. The molecule has 0 saturated carbocycles. The number of nitrogen functional groups attached to an aromatic ring is 1. The fourth-order valence-electron chi connectivity index (χ4n) is 1.25. The van der Waals surface area contributed by atoms with Crippen molar-refractivity contribution >= 4 is 17.4 Å². The van der Waals surface area contributed by atoms with Crippen LogP contribution >= 0.6 is 11.6 Å². The van der Waals surface area contributed by atoms with Gasteiger partial charge < -0.3 is 5.73 Å². The van der Waals surface area contributed by atoms with Gasteiger partial charge in [0.15, 0.2) is 5.82 Å². The van der Waals surface area contributed by atoms with E-state index in [-0.39, 0.29) is 16.5 Å². The fourth-order valence-corrected chi connectivity index (χ4v) is 1.48. The summed E-state index contributed by atoms with van der Waals surface area (Å²) in [4.78, 5) is 1.00. The number of aromatic nitrogens is 3. The number of nitrogens with zero attached hydrogens (tertiary/aromatic N) is 3. The zero-order valence-corrected chi connectivity index (χ0v) is 9.00. The number of hydrogen-bond donors (Lipinski definition) is 1. The van der Waals surface area contributed by atoms with Gasteiger partial charge in [0.2, 0.25) is 0 Å². The van der Waals surface area contributed by atoms with E-state index in [1.807, 2.05) is 0 Å². The van der Waals surface area contributed by atoms with Crippen molar-refractivity contribution in [3.63, 3.8) is 0 Å². The van der Waals surface area contributed by atoms with Gasteiger partial charge in [-0.05, 0) is 18.2 Å². The zero-order valence-electron chi connectivity index (χ0n) is 8.24. The molecule has 1 heterocycles. The maximum Gasteiger partial charge on any atom is 0.417 e. The normalized spacial score (nSPS) is 11.8. The molecule has 2 N–H and O–H groups in total. The molecule has 0 bridgehead atoms. The average Bonchev–Trinajstić information content (AvgIpc) is 2.64. The quantitative estimate of drug-likeness (QED) is 0.859. The Morgan fingerprint density at radius 2 is 2.00 bits per heavy atom. The predicted molar refractivity (Wildman–Crippen MR) is 55.8 cm³/mol. The van der Waals surface area contributed by atoms with Gasteiger partial charge in [-0.3, -0.25) is 0 Å². The SMILES string of the molecule is Nc1cnn(-c2ccc(Cl)c(C(F)(F)F)c2)n1. The smallest absolute Gasteiger partial charge is 0.381 e. The Kier molecular flexibility index (Phi) is 2.70. The first-order chi connectivity index (χ1) is 7.88. The summed E-state index contributed by atoms with van der Waals surface area (Å²) in [6, 6.07) is 3.37. The number of anilines is 1. The molecule has 4 nitrogen and oxygen atoms in total. The van der Waals surface area contributed by atoms with Crippen LogP contribution < -0.4 is 5.73 Å². The summed E-state index contributed by atoms with van der Waals surface area (Å²) >= 11 is 5.48. The third-order valence-electron chi connectivity index (χ3n) is 2.00. The lowest BCUT2D eigenvalue weighted by Gasteiger charge is -2.10. The number of nitrogens with two attached hydrogens (primary N) is 1. The Hall–Kier alpha value is -1.76. The second-order valence-electron chi connectivity index (χ2n) is 3.22. The topological polar surface area (TPSA) is 56.7 Å². The Balaban J connectivity index is 2.51. The first kappa shape index (κ1) is 11.7. The van der Waals surface area contributed by atoms with Crippen LogP contribution in [0.2, 0.25) is 5.02 Å². The van der Waals surface area contributed by atoms with E-state index in [2.05, 4.69) is 10.2 Å². The standard InChI is InChI=1S/C9H6ClF3N4/c10-7-2-1-5(3-6(7)9(11,12)13)17-15-4-8(14)16-17/h1-4H,(H2,14,16). The van der Waals surface area contributed by atoms with Crippen molar-refractivity contribution < 1.29 is 13.2 Å². The van der Waals surface area contributed by atoms with E-state index in [4.69, 9.17) is 17.3 Å². The molecule has 0 amide bonds. The highest BCUT2D eigenvalue weighted by atomic mass is 35.5. The Bertz CT molecular complexity index is 549. The van der Waals surface area contributed by atoms with Crippen LogP contribution in [-0.4, -0.2) is 15.0 Å². The molecule has 0 fully saturated rings. The summed E-state index contributed by atoms with van der Waals surface area (Å²) < 4.78 is 37.8. The maximum atomic E-state index is 12.6. The van der Waals surface area contributed by atoms with Crippen LogP contribution in [0, 0.1) is 0 Å². The molecule has 1 aromatic carbocycles. The van der Waals surface area contributed by atoms with Crippen LogP contribution in [0.15, 0.2) is 24.4 Å². The van der Waals surface area contributed by atoms with Gasteiger partial charge >= 0.3 is 6.18 Å². The van der Waals surface area contributed by atoms with E-state index in [1.54, 1.807) is 0 Å². The summed E-state index contributed by atoms with van der Waals surface area (Å²) in [5, 5.41) is 7.04. The molecule has 0 atom stereocenters. The lowest BCUT2D eigenvalue weighted by atomic mass is 10.2. The molecule has 8 heteroatoms. The Morgan fingerprint density at radius 3 is 2.53 bits per heavy atom. The fraction of sp³-hybridized carbons (Fsp3) is 0.111. The van der Waals surface area contributed by atoms with Crippen molar-refractivity contribution in [1.82, 2.24) is 15.0 Å². The van der Waals surface area contributed by atoms with Crippen LogP contribution in [-0.2, 0) is 6.18 Å². The van der Waals surface area contributed by atoms with Crippen LogP contribution in [0.3, 0.4) is 0 Å². The van der Waals surface area contributed by atoms with Gasteiger partial charge in [-0.15, -0.1) is 9.90 Å². The first-order valence-electron chi connectivity index (χ1n) is 4.43. The molecule has 90 valence electrons. The Morgan fingerprint density at radius 1 is 1.29 bits per heavy atom. The summed E-state index contributed by atoms with van der Waals surface area (Å²) in [7, 11) is 0. The second-order valence-corrected chi connectivity index (χ2v) is 3.63. The monoisotopic (exact) mass is 262 g/mol. The van der Waals surface area contributed by atoms with Crippen molar-refractivity contribution in [1.29, 1.82) is 0 Å². The molecule has 0 aliphatic carbocycles. The molecule has 0 aliphatic heterocycles. The summed E-state index contributed by atoms with van der Waals surface area (Å²) in [6.45, 7) is 0. The minimum Gasteiger partial charge on any atom is -0.381 e. The summed E-state index contributed by atoms with van der Waals surface area (Å²) in [5.74, 6) is 0.119. The van der Waals surface area contributed by atoms with Crippen LogP contribution in [0.25, 0.3) is 5.69 Å². The number of benzene rings is 1. The van der Waals surface area contributed by atoms with E-state index in [0.717, 1.165) is 16.9 Å². The van der Waals surface area contributed by atoms with Gasteiger partial charge in [0.05, 0.1) is 22.5 Å². The number of alkyl halides is 3. The molecular formula is C9H6ClF3N4. The van der Waals surface area contributed by atoms with Crippen LogP contribution in [0.4, 0.5) is 19.0 Å². The highest BCUT2D eigenvalue weighted by molar-refractivity contribution is 6.31. The second kappa shape index (κ2) is 3.92. The van der Waals surface area contributed by atoms with Crippen LogP contribution in [0.1, 0.15) is 5.56 Å². The molecular weight excluding hydrogens is 257 g/mol. The minimum absolute atomic E-state index is 0.119. The largest absolute Gasteiger partial charge is 0.417 e. The van der Waals surface area contributed by atoms with Crippen molar-refractivity contribution in [2.24, 2.45) is 0 Å². The summed E-state index contributed by atoms with van der Waals surface area (Å²) in [5.41, 5.74) is 4.53. The Labute approximate surface area is 98.8 Å². The molecule has 0 unspecified atom stereocenters. The highest BCUT2D eigenvalue weighted by Crippen LogP contribution is 2.35. The number of rotatable bonds is 1. The van der Waals surface area contributed by atoms with E-state index in [0.29, 0.717) is 0 Å². The van der Waals surface area contributed by atoms with Gasteiger partial charge in [0.25, 0.3) is 0 Å². The third-order valence-corrected chi connectivity index (χ3v) is 2.33. The average molecular weight is 263 g/mol. The van der Waals surface area contributed by atoms with E-state index >= 15 is 0 Å². The lowest BCUT2D eigenvalue weighted by Crippen LogP contribution is -2.08. The molecule has 2 rings (SSSR count). The van der Waals surface area contributed by atoms with Gasteiger partial charge in [-0.2, -0.15) is 18.3 Å². The van der Waals surface area contributed by atoms with E-state index in [9.17, 15) is 13.2 Å². The van der Waals surface area contributed by atoms with Gasteiger partial charge in [-0.1, -0.05) is 11.6 Å². The van der Waals surface area contributed by atoms with Crippen molar-refractivity contribution in [2.75, 3.05) is 5.73 Å². The van der Waals surface area contributed by atoms with Crippen molar-refractivity contribution in [3.8, 4) is 5.69 Å². The number of hydrogen-bond acceptors (Lipinski definition) is 3. The number of halogens is 4. The maximum absolute atomic E-state index is 12.6. The lowest BCUT2D eigenvalue weighted by molar-refractivity contribution is -0.137. The molecule has 0 spiro atoms. The molecule has 0 saturated heterocycles. The molecule has 17 heavy (non-hydrogen) atoms. The van der Waals surface area contributed by atoms with Crippen molar-refractivity contribution in [3.05, 3.63) is 35.0 Å². The van der Waals surface area contributed by atoms with Gasteiger partial charge in [0.1, 0.15) is 0 Å². The van der Waals surface area contributed by atoms with Gasteiger partial charge in [0, 0.05) is 0 Å². The molecule has 0 aliphatic rings. The van der Waals surface area contributed by atoms with Crippen LogP contribution in [0.5, 0.6) is 0 Å². The predicted octanol–water partition coefficient (Wildman–Crippen LogP) is 2.52. The van der Waals surface area contributed by atoms with Gasteiger partial charge in [-0.25, -0.2) is 0 Å². The molecule has 0 radical (unpaired) electrons. The molecule has 1 aromatic heterocycles.